The van der Waals surface area contributed by atoms with Crippen molar-refractivity contribution >= 4 is 0 Å². The van der Waals surface area contributed by atoms with E-state index in [4.69, 9.17) is 0 Å². The molecule has 0 aromatic heterocycles. The summed E-state index contributed by atoms with van der Waals surface area (Å²) in [6.07, 6.45) is -2.59. The second-order valence-corrected chi connectivity index (χ2v) is 5.08. The molecule has 0 atom stereocenters. The number of hydrogen-bond donors (Lipinski definition) is 1. The molecular formula is C14H19F3N2. The van der Waals surface area contributed by atoms with Crippen LogP contribution < -0.4 is 5.32 Å². The van der Waals surface area contributed by atoms with Crippen molar-refractivity contribution in [2.75, 3.05) is 19.6 Å². The minimum absolute atomic E-state index is 0.0443. The average Bonchev–Trinajstić information content (AvgIpc) is 2.38. The Kier molecular flexibility index (Phi) is 4.82. The highest BCUT2D eigenvalue weighted by molar-refractivity contribution is 5.14. The number of piperidine rings is 1. The molecule has 0 saturated carbocycles. The minimum atomic E-state index is -4.25. The molecule has 2 nitrogen and oxygen atoms in total. The zero-order valence-corrected chi connectivity index (χ0v) is 10.8. The molecule has 1 aromatic carbocycles. The molecule has 1 aliphatic rings. The Labute approximate surface area is 111 Å². The number of rotatable bonds is 4. The topological polar surface area (TPSA) is 15.3 Å². The fourth-order valence-electron chi connectivity index (χ4n) is 2.45. The van der Waals surface area contributed by atoms with Gasteiger partial charge in [0.2, 0.25) is 0 Å². The van der Waals surface area contributed by atoms with Crippen molar-refractivity contribution in [2.45, 2.75) is 25.7 Å². The van der Waals surface area contributed by atoms with Crippen LogP contribution in [0.5, 0.6) is 0 Å². The van der Waals surface area contributed by atoms with E-state index in [1.165, 1.54) is 5.56 Å². The van der Waals surface area contributed by atoms with E-state index in [0.717, 1.165) is 32.5 Å². The number of nitrogens with zero attached hydrogens (tertiary/aromatic N) is 1. The summed E-state index contributed by atoms with van der Waals surface area (Å²) in [6, 6.07) is 10.2. The van der Waals surface area contributed by atoms with Gasteiger partial charge in [0.15, 0.2) is 0 Å². The normalized spacial score (nSPS) is 18.7. The number of likely N-dealkylation sites (tertiary alicyclic amines) is 1. The monoisotopic (exact) mass is 272 g/mol. The van der Waals surface area contributed by atoms with Gasteiger partial charge in [-0.05, 0) is 37.4 Å². The third-order valence-electron chi connectivity index (χ3n) is 3.55. The molecule has 0 spiro atoms. The molecule has 0 amide bonds. The lowest BCUT2D eigenvalue weighted by Crippen LogP contribution is -2.40. The zero-order chi connectivity index (χ0) is 13.7. The van der Waals surface area contributed by atoms with Crippen molar-refractivity contribution in [3.8, 4) is 0 Å². The largest absolute Gasteiger partial charge is 0.457 e. The van der Waals surface area contributed by atoms with Crippen molar-refractivity contribution in [1.29, 1.82) is 0 Å². The standard InChI is InChI=1S/C14H19F3N2/c15-14(16,17)18-10-12-6-8-19(9-7-12)11-13-4-2-1-3-5-13/h1-5,12,18H,6-11H2. The third-order valence-corrected chi connectivity index (χ3v) is 3.55. The highest BCUT2D eigenvalue weighted by Gasteiger charge is 2.28. The van der Waals surface area contributed by atoms with Crippen molar-refractivity contribution in [3.63, 3.8) is 0 Å². The van der Waals surface area contributed by atoms with E-state index in [0.29, 0.717) is 0 Å². The van der Waals surface area contributed by atoms with Crippen LogP contribution >= 0.6 is 0 Å². The van der Waals surface area contributed by atoms with E-state index in [1.54, 1.807) is 5.32 Å². The summed E-state index contributed by atoms with van der Waals surface area (Å²) in [5, 5.41) is 1.64. The highest BCUT2D eigenvalue weighted by Crippen LogP contribution is 2.20. The van der Waals surface area contributed by atoms with Crippen LogP contribution in [0.4, 0.5) is 13.2 Å². The third kappa shape index (κ3) is 5.20. The van der Waals surface area contributed by atoms with Gasteiger partial charge in [-0.2, -0.15) is 13.2 Å². The van der Waals surface area contributed by atoms with Gasteiger partial charge < -0.3 is 0 Å². The van der Waals surface area contributed by atoms with E-state index in [2.05, 4.69) is 17.0 Å². The van der Waals surface area contributed by atoms with Gasteiger partial charge in [0.25, 0.3) is 0 Å². The van der Waals surface area contributed by atoms with Gasteiger partial charge in [-0.15, -0.1) is 0 Å². The molecule has 1 heterocycles. The highest BCUT2D eigenvalue weighted by atomic mass is 19.4. The first kappa shape index (κ1) is 14.3. The minimum Gasteiger partial charge on any atom is -0.299 e. The Hall–Kier alpha value is -1.07. The molecule has 1 N–H and O–H groups in total. The molecule has 0 unspecified atom stereocenters. The van der Waals surface area contributed by atoms with Crippen LogP contribution in [0.15, 0.2) is 30.3 Å². The maximum atomic E-state index is 12.1. The van der Waals surface area contributed by atoms with E-state index in [1.807, 2.05) is 18.2 Å². The molecular weight excluding hydrogens is 253 g/mol. The predicted octanol–water partition coefficient (Wildman–Crippen LogP) is 3.01. The maximum Gasteiger partial charge on any atom is 0.457 e. The fraction of sp³-hybridized carbons (Fsp3) is 0.571. The first-order valence-corrected chi connectivity index (χ1v) is 6.61. The molecule has 106 valence electrons. The second kappa shape index (κ2) is 6.39. The van der Waals surface area contributed by atoms with Gasteiger partial charge >= 0.3 is 6.30 Å². The Balaban J connectivity index is 1.71. The van der Waals surface area contributed by atoms with Crippen LogP contribution in [0.25, 0.3) is 0 Å². The van der Waals surface area contributed by atoms with E-state index >= 15 is 0 Å². The molecule has 0 bridgehead atoms. The molecule has 1 aliphatic heterocycles. The maximum absolute atomic E-state index is 12.1. The SMILES string of the molecule is FC(F)(F)NCC1CCN(Cc2ccccc2)CC1. The summed E-state index contributed by atoms with van der Waals surface area (Å²) in [5.41, 5.74) is 1.26. The van der Waals surface area contributed by atoms with Gasteiger partial charge in [-0.1, -0.05) is 30.3 Å². The summed E-state index contributed by atoms with van der Waals surface area (Å²) >= 11 is 0. The van der Waals surface area contributed by atoms with Gasteiger partial charge in [-0.25, -0.2) is 5.32 Å². The first-order valence-electron chi connectivity index (χ1n) is 6.61. The fourth-order valence-corrected chi connectivity index (χ4v) is 2.45. The van der Waals surface area contributed by atoms with Crippen LogP contribution in [0.2, 0.25) is 0 Å². The number of hydrogen-bond acceptors (Lipinski definition) is 2. The van der Waals surface area contributed by atoms with E-state index in [-0.39, 0.29) is 12.5 Å². The predicted molar refractivity (Wildman–Crippen MR) is 68.5 cm³/mol. The molecule has 0 aliphatic carbocycles. The number of halogens is 3. The molecule has 2 rings (SSSR count). The lowest BCUT2D eigenvalue weighted by atomic mass is 9.96. The lowest BCUT2D eigenvalue weighted by molar-refractivity contribution is -0.159. The van der Waals surface area contributed by atoms with E-state index in [9.17, 15) is 13.2 Å². The van der Waals surface area contributed by atoms with Crippen LogP contribution in [0, 0.1) is 5.92 Å². The Morgan fingerprint density at radius 3 is 2.32 bits per heavy atom. The van der Waals surface area contributed by atoms with Crippen molar-refractivity contribution in [2.24, 2.45) is 5.92 Å². The Morgan fingerprint density at radius 2 is 1.74 bits per heavy atom. The summed E-state index contributed by atoms with van der Waals surface area (Å²) in [7, 11) is 0. The average molecular weight is 272 g/mol. The number of alkyl halides is 3. The summed E-state index contributed by atoms with van der Waals surface area (Å²) in [4.78, 5) is 2.30. The van der Waals surface area contributed by atoms with Gasteiger partial charge in [0, 0.05) is 13.1 Å². The summed E-state index contributed by atoms with van der Waals surface area (Å²) in [6.45, 7) is 2.68. The van der Waals surface area contributed by atoms with Crippen molar-refractivity contribution in [1.82, 2.24) is 10.2 Å². The zero-order valence-electron chi connectivity index (χ0n) is 10.8. The van der Waals surface area contributed by atoms with Gasteiger partial charge in [0.1, 0.15) is 0 Å². The molecule has 0 radical (unpaired) electrons. The van der Waals surface area contributed by atoms with Crippen LogP contribution in [0.3, 0.4) is 0 Å². The lowest BCUT2D eigenvalue weighted by Gasteiger charge is -2.32. The van der Waals surface area contributed by atoms with E-state index < -0.39 is 6.30 Å². The van der Waals surface area contributed by atoms with Gasteiger partial charge in [-0.3, -0.25) is 4.90 Å². The molecule has 5 heteroatoms. The molecule has 19 heavy (non-hydrogen) atoms. The van der Waals surface area contributed by atoms with Crippen LogP contribution in [-0.4, -0.2) is 30.8 Å². The summed E-state index contributed by atoms with van der Waals surface area (Å²) in [5.74, 6) is 0.133. The molecule has 1 saturated heterocycles. The quantitative estimate of drug-likeness (QED) is 0.848. The Morgan fingerprint density at radius 1 is 1.11 bits per heavy atom. The smallest absolute Gasteiger partial charge is 0.299 e. The molecule has 1 aromatic rings. The van der Waals surface area contributed by atoms with Gasteiger partial charge in [0.05, 0.1) is 0 Å². The van der Waals surface area contributed by atoms with Crippen LogP contribution in [-0.2, 0) is 6.54 Å². The van der Waals surface area contributed by atoms with Crippen LogP contribution in [0.1, 0.15) is 18.4 Å². The Bertz CT molecular complexity index is 370. The molecule has 1 fully saturated rings. The summed E-state index contributed by atoms with van der Waals surface area (Å²) < 4.78 is 36.2. The first-order chi connectivity index (χ1) is 9.03. The van der Waals surface area contributed by atoms with Crippen molar-refractivity contribution in [3.05, 3.63) is 35.9 Å². The number of nitrogens with one attached hydrogen (secondary N) is 1. The van der Waals surface area contributed by atoms with Crippen molar-refractivity contribution < 1.29 is 13.2 Å². The number of benzene rings is 1. The second-order valence-electron chi connectivity index (χ2n) is 5.08.